The lowest BCUT2D eigenvalue weighted by Crippen LogP contribution is -2.50. The summed E-state index contributed by atoms with van der Waals surface area (Å²) in [5, 5.41) is 13.7. The lowest BCUT2D eigenvalue weighted by molar-refractivity contribution is -0.119. The summed E-state index contributed by atoms with van der Waals surface area (Å²) in [5.41, 5.74) is 3.21. The highest BCUT2D eigenvalue weighted by Gasteiger charge is 2.43. The van der Waals surface area contributed by atoms with Crippen molar-refractivity contribution in [3.05, 3.63) is 64.2 Å². The van der Waals surface area contributed by atoms with E-state index in [1.165, 1.54) is 0 Å². The van der Waals surface area contributed by atoms with Crippen molar-refractivity contribution in [2.45, 2.75) is 37.7 Å². The Kier molecular flexibility index (Phi) is 2.96. The molecule has 2 aromatic rings. The van der Waals surface area contributed by atoms with Crippen LogP contribution < -0.4 is 5.32 Å². The topological polar surface area (TPSA) is 75.6 Å². The van der Waals surface area contributed by atoms with Crippen LogP contribution in [0.1, 0.15) is 56.9 Å². The molecular weight excluding hydrogens is 318 g/mol. The number of hydrogen-bond donors (Lipinski definition) is 2. The Hall–Kier alpha value is -2.50. The molecule has 0 radical (unpaired) electrons. The number of aliphatic hydroxyl groups is 1. The molecule has 5 rings (SSSR count). The first-order valence-corrected chi connectivity index (χ1v) is 8.51. The van der Waals surface area contributed by atoms with Gasteiger partial charge >= 0.3 is 0 Å². The van der Waals surface area contributed by atoms with E-state index >= 15 is 0 Å². The number of hydrogen-bond acceptors (Lipinski definition) is 5. The third kappa shape index (κ3) is 1.91. The Labute approximate surface area is 144 Å². The fraction of sp³-hybridized carbons (Fsp3) is 0.300. The van der Waals surface area contributed by atoms with Gasteiger partial charge in [0.2, 0.25) is 0 Å². The van der Waals surface area contributed by atoms with Crippen molar-refractivity contribution in [2.75, 3.05) is 5.32 Å². The number of fused-ring (bicyclic) bond motifs is 7. The third-order valence-electron chi connectivity index (χ3n) is 5.54. The molecule has 2 heterocycles. The number of anilines is 1. The largest absolute Gasteiger partial charge is 0.388 e. The predicted molar refractivity (Wildman–Crippen MR) is 91.1 cm³/mol. The predicted octanol–water partition coefficient (Wildman–Crippen LogP) is 2.47. The van der Waals surface area contributed by atoms with E-state index in [-0.39, 0.29) is 29.8 Å². The molecule has 5 nitrogen and oxygen atoms in total. The first-order chi connectivity index (χ1) is 12.1. The van der Waals surface area contributed by atoms with E-state index < -0.39 is 6.10 Å². The number of ketones is 2. The second-order valence-electron chi connectivity index (χ2n) is 6.96. The average Bonchev–Trinajstić information content (AvgIpc) is 2.63. The first kappa shape index (κ1) is 14.8. The van der Waals surface area contributed by atoms with Gasteiger partial charge in [0.1, 0.15) is 6.10 Å². The van der Waals surface area contributed by atoms with Gasteiger partial charge < -0.3 is 15.2 Å². The van der Waals surface area contributed by atoms with Gasteiger partial charge in [0.25, 0.3) is 0 Å². The summed E-state index contributed by atoms with van der Waals surface area (Å²) >= 11 is 0. The zero-order chi connectivity index (χ0) is 17.3. The molecule has 2 bridgehead atoms. The van der Waals surface area contributed by atoms with Crippen LogP contribution >= 0.6 is 0 Å². The van der Waals surface area contributed by atoms with Crippen molar-refractivity contribution in [2.24, 2.45) is 0 Å². The molecule has 3 aliphatic rings. The Morgan fingerprint density at radius 2 is 1.76 bits per heavy atom. The lowest BCUT2D eigenvalue weighted by Gasteiger charge is -2.44. The molecule has 0 saturated carbocycles. The van der Waals surface area contributed by atoms with Crippen LogP contribution in [0.2, 0.25) is 0 Å². The van der Waals surface area contributed by atoms with E-state index in [2.05, 4.69) is 5.32 Å². The van der Waals surface area contributed by atoms with Crippen molar-refractivity contribution < 1.29 is 19.4 Å². The number of rotatable bonds is 0. The molecule has 126 valence electrons. The van der Waals surface area contributed by atoms with E-state index in [0.717, 1.165) is 5.56 Å². The van der Waals surface area contributed by atoms with E-state index in [9.17, 15) is 14.7 Å². The second kappa shape index (κ2) is 5.00. The molecule has 1 fully saturated rings. The molecular formula is C20H17NO4. The van der Waals surface area contributed by atoms with Gasteiger partial charge in [-0.1, -0.05) is 30.3 Å². The van der Waals surface area contributed by atoms with E-state index in [1.54, 1.807) is 30.3 Å². The molecule has 0 aromatic heterocycles. The molecule has 0 amide bonds. The first-order valence-electron chi connectivity index (χ1n) is 8.51. The maximum atomic E-state index is 13.1. The van der Waals surface area contributed by atoms with Crippen LogP contribution in [0.4, 0.5) is 5.69 Å². The summed E-state index contributed by atoms with van der Waals surface area (Å²) in [4.78, 5) is 25.9. The van der Waals surface area contributed by atoms with Crippen LogP contribution in [0.15, 0.2) is 36.4 Å². The molecule has 1 saturated heterocycles. The van der Waals surface area contributed by atoms with Crippen LogP contribution in [-0.4, -0.2) is 34.9 Å². The molecule has 2 aromatic carbocycles. The van der Waals surface area contributed by atoms with Gasteiger partial charge in [-0.3, -0.25) is 9.59 Å². The zero-order valence-electron chi connectivity index (χ0n) is 13.7. The molecule has 5 heteroatoms. The molecule has 0 unspecified atom stereocenters. The summed E-state index contributed by atoms with van der Waals surface area (Å²) in [5.74, 6) is -0.294. The van der Waals surface area contributed by atoms with E-state index in [0.29, 0.717) is 34.4 Å². The molecule has 0 spiro atoms. The van der Waals surface area contributed by atoms with Gasteiger partial charge in [-0.2, -0.15) is 0 Å². The molecule has 2 N–H and O–H groups in total. The summed E-state index contributed by atoms with van der Waals surface area (Å²) in [7, 11) is 0. The fourth-order valence-electron chi connectivity index (χ4n) is 4.25. The number of nitrogens with one attached hydrogen (secondary N) is 1. The minimum atomic E-state index is -0.651. The highest BCUT2D eigenvalue weighted by atomic mass is 16.5. The van der Waals surface area contributed by atoms with Crippen molar-refractivity contribution >= 4 is 17.3 Å². The summed E-state index contributed by atoms with van der Waals surface area (Å²) in [6, 6.07) is 10.3. The number of carbonyl (C=O) groups is 2. The standard InChI is InChI=1S/C20H17NO4/c1-9-18(22)14-8-15(25-9)12-6-7-13-16(17(12)21-14)20(24)11-5-3-2-4-10(11)19(13)23/h2-7,9,14-15,18,21-22H,8H2,1H3/t9-,14-,15-,18-/m0/s1. The van der Waals surface area contributed by atoms with Crippen molar-refractivity contribution in [1.82, 2.24) is 0 Å². The second-order valence-corrected chi connectivity index (χ2v) is 6.96. The molecule has 1 aliphatic carbocycles. The molecule has 25 heavy (non-hydrogen) atoms. The van der Waals surface area contributed by atoms with Crippen LogP contribution in [0.3, 0.4) is 0 Å². The highest BCUT2D eigenvalue weighted by molar-refractivity contribution is 6.30. The van der Waals surface area contributed by atoms with Gasteiger partial charge in [0, 0.05) is 28.7 Å². The minimum absolute atomic E-state index is 0.139. The maximum absolute atomic E-state index is 13.1. The van der Waals surface area contributed by atoms with E-state index in [1.807, 2.05) is 13.0 Å². The quantitative estimate of drug-likeness (QED) is 0.660. The van der Waals surface area contributed by atoms with Crippen LogP contribution in [-0.2, 0) is 4.74 Å². The number of aliphatic hydroxyl groups excluding tert-OH is 1. The van der Waals surface area contributed by atoms with Crippen LogP contribution in [0.5, 0.6) is 0 Å². The molecule has 4 atom stereocenters. The van der Waals surface area contributed by atoms with Crippen molar-refractivity contribution in [1.29, 1.82) is 0 Å². The van der Waals surface area contributed by atoms with Crippen molar-refractivity contribution in [3.63, 3.8) is 0 Å². The zero-order valence-corrected chi connectivity index (χ0v) is 13.7. The highest BCUT2D eigenvalue weighted by Crippen LogP contribution is 2.45. The third-order valence-corrected chi connectivity index (χ3v) is 5.54. The Morgan fingerprint density at radius 3 is 2.52 bits per heavy atom. The number of ether oxygens (including phenoxy) is 1. The number of carbonyl (C=O) groups excluding carboxylic acids is 2. The monoisotopic (exact) mass is 335 g/mol. The Morgan fingerprint density at radius 1 is 1.04 bits per heavy atom. The molecule has 2 aliphatic heterocycles. The lowest BCUT2D eigenvalue weighted by atomic mass is 9.78. The Bertz CT molecular complexity index is 935. The van der Waals surface area contributed by atoms with E-state index in [4.69, 9.17) is 4.74 Å². The van der Waals surface area contributed by atoms with Gasteiger partial charge in [-0.05, 0) is 13.0 Å². The van der Waals surface area contributed by atoms with Crippen LogP contribution in [0, 0.1) is 0 Å². The maximum Gasteiger partial charge on any atom is 0.196 e. The minimum Gasteiger partial charge on any atom is -0.388 e. The normalized spacial score (nSPS) is 29.4. The summed E-state index contributed by atoms with van der Waals surface area (Å²) < 4.78 is 5.93. The SMILES string of the molecule is C[C@@H]1O[C@H]2C[C@H](Nc3c2ccc2c3C(=O)c3ccccc3C2=O)[C@H]1O. The number of benzene rings is 2. The van der Waals surface area contributed by atoms with Crippen LogP contribution in [0.25, 0.3) is 0 Å². The fourth-order valence-corrected chi connectivity index (χ4v) is 4.25. The van der Waals surface area contributed by atoms with Gasteiger partial charge in [-0.15, -0.1) is 0 Å². The van der Waals surface area contributed by atoms with Gasteiger partial charge in [0.05, 0.1) is 29.5 Å². The Balaban J connectivity index is 1.72. The van der Waals surface area contributed by atoms with Gasteiger partial charge in [0.15, 0.2) is 11.6 Å². The summed E-state index contributed by atoms with van der Waals surface area (Å²) in [6.45, 7) is 1.85. The summed E-state index contributed by atoms with van der Waals surface area (Å²) in [6.07, 6.45) is -0.457. The van der Waals surface area contributed by atoms with Gasteiger partial charge in [-0.25, -0.2) is 0 Å². The van der Waals surface area contributed by atoms with Crippen molar-refractivity contribution in [3.8, 4) is 0 Å². The smallest absolute Gasteiger partial charge is 0.196 e. The average molecular weight is 335 g/mol.